The number of hydrogen-bond acceptors (Lipinski definition) is 2. The zero-order valence-corrected chi connectivity index (χ0v) is 13.7. The predicted octanol–water partition coefficient (Wildman–Crippen LogP) is 2.93. The van der Waals surface area contributed by atoms with E-state index >= 15 is 0 Å². The van der Waals surface area contributed by atoms with E-state index in [2.05, 4.69) is 41.1 Å². The Bertz CT molecular complexity index is 829. The number of hydrogen-bond donors (Lipinski definition) is 1. The van der Waals surface area contributed by atoms with E-state index in [0.29, 0.717) is 5.70 Å². The van der Waals surface area contributed by atoms with Gasteiger partial charge in [-0.15, -0.1) is 0 Å². The molecule has 5 nitrogen and oxygen atoms in total. The smallest absolute Gasteiger partial charge is 0.318 e. The molecule has 118 valence electrons. The van der Waals surface area contributed by atoms with E-state index in [4.69, 9.17) is 0 Å². The summed E-state index contributed by atoms with van der Waals surface area (Å²) >= 11 is 0. The lowest BCUT2D eigenvalue weighted by molar-refractivity contribution is -0.121. The largest absolute Gasteiger partial charge is 0.328 e. The van der Waals surface area contributed by atoms with E-state index in [0.717, 1.165) is 27.5 Å². The molecule has 1 aromatic carbocycles. The Morgan fingerprint density at radius 2 is 1.70 bits per heavy atom. The van der Waals surface area contributed by atoms with Gasteiger partial charge < -0.3 is 9.88 Å². The summed E-state index contributed by atoms with van der Waals surface area (Å²) in [6.07, 6.45) is 1.73. The summed E-state index contributed by atoms with van der Waals surface area (Å²) < 4.78 is 2.14. The average Bonchev–Trinajstić information content (AvgIpc) is 2.92. The van der Waals surface area contributed by atoms with Crippen LogP contribution in [-0.2, 0) is 4.79 Å². The summed E-state index contributed by atoms with van der Waals surface area (Å²) in [5.74, 6) is -0.310. The Labute approximate surface area is 135 Å². The van der Waals surface area contributed by atoms with Crippen LogP contribution in [0, 0.1) is 20.8 Å². The molecule has 0 spiro atoms. The SMILES string of the molecule is Cc1ccc(-n2c(C)cc(/C=C3\NC(=O)N(C)C3=O)c2C)cc1. The lowest BCUT2D eigenvalue weighted by Gasteiger charge is -2.10. The van der Waals surface area contributed by atoms with Crippen LogP contribution in [0.2, 0.25) is 0 Å². The van der Waals surface area contributed by atoms with E-state index in [1.165, 1.54) is 12.6 Å². The number of aryl methyl sites for hydroxylation is 2. The first-order chi connectivity index (χ1) is 10.9. The van der Waals surface area contributed by atoms with E-state index in [1.54, 1.807) is 6.08 Å². The Kier molecular flexibility index (Phi) is 3.56. The zero-order valence-electron chi connectivity index (χ0n) is 13.7. The second-order valence-electron chi connectivity index (χ2n) is 5.85. The van der Waals surface area contributed by atoms with E-state index in [-0.39, 0.29) is 5.91 Å². The molecule has 2 aromatic rings. The van der Waals surface area contributed by atoms with Gasteiger partial charge in [0.1, 0.15) is 5.70 Å². The van der Waals surface area contributed by atoms with Crippen LogP contribution in [0.3, 0.4) is 0 Å². The van der Waals surface area contributed by atoms with Crippen LogP contribution < -0.4 is 5.32 Å². The summed E-state index contributed by atoms with van der Waals surface area (Å²) in [5, 5.41) is 2.59. The molecule has 1 aliphatic heterocycles. The molecule has 1 N–H and O–H groups in total. The minimum Gasteiger partial charge on any atom is -0.318 e. The standard InChI is InChI=1S/C18H19N3O2/c1-11-5-7-15(8-6-11)21-12(2)9-14(13(21)3)10-16-17(22)20(4)18(23)19-16/h5-10H,1-4H3,(H,19,23)/b16-10-. The third-order valence-electron chi connectivity index (χ3n) is 4.14. The first-order valence-corrected chi connectivity index (χ1v) is 7.45. The maximum atomic E-state index is 12.0. The fraction of sp³-hybridized carbons (Fsp3) is 0.222. The van der Waals surface area contributed by atoms with Crippen molar-refractivity contribution in [2.24, 2.45) is 0 Å². The van der Waals surface area contributed by atoms with Crippen molar-refractivity contribution < 1.29 is 9.59 Å². The summed E-state index contributed by atoms with van der Waals surface area (Å²) in [4.78, 5) is 24.6. The van der Waals surface area contributed by atoms with Crippen LogP contribution >= 0.6 is 0 Å². The van der Waals surface area contributed by atoms with Crippen molar-refractivity contribution in [3.8, 4) is 5.69 Å². The maximum Gasteiger partial charge on any atom is 0.328 e. The number of nitrogens with zero attached hydrogens (tertiary/aromatic N) is 2. The molecule has 1 aliphatic rings. The van der Waals surface area contributed by atoms with Crippen LogP contribution in [0.5, 0.6) is 0 Å². The van der Waals surface area contributed by atoms with E-state index in [9.17, 15) is 9.59 Å². The van der Waals surface area contributed by atoms with Crippen molar-refractivity contribution in [1.29, 1.82) is 0 Å². The van der Waals surface area contributed by atoms with Crippen LogP contribution in [0.4, 0.5) is 4.79 Å². The van der Waals surface area contributed by atoms with Crippen LogP contribution in [0.1, 0.15) is 22.5 Å². The minimum atomic E-state index is -0.395. The van der Waals surface area contributed by atoms with Crippen molar-refractivity contribution in [3.05, 3.63) is 58.5 Å². The van der Waals surface area contributed by atoms with Crippen LogP contribution in [0.25, 0.3) is 11.8 Å². The highest BCUT2D eigenvalue weighted by molar-refractivity contribution is 6.13. The van der Waals surface area contributed by atoms with Gasteiger partial charge in [0, 0.05) is 24.1 Å². The van der Waals surface area contributed by atoms with Crippen LogP contribution in [-0.4, -0.2) is 28.5 Å². The third-order valence-corrected chi connectivity index (χ3v) is 4.14. The molecule has 3 amide bonds. The molecule has 0 bridgehead atoms. The quantitative estimate of drug-likeness (QED) is 0.685. The van der Waals surface area contributed by atoms with Gasteiger partial charge in [-0.3, -0.25) is 9.69 Å². The van der Waals surface area contributed by atoms with Gasteiger partial charge in [0.25, 0.3) is 5.91 Å². The molecule has 5 heteroatoms. The molecule has 2 heterocycles. The predicted molar refractivity (Wildman–Crippen MR) is 89.3 cm³/mol. The molecule has 23 heavy (non-hydrogen) atoms. The van der Waals surface area contributed by atoms with Crippen molar-refractivity contribution in [1.82, 2.24) is 14.8 Å². The van der Waals surface area contributed by atoms with Gasteiger partial charge in [-0.1, -0.05) is 17.7 Å². The highest BCUT2D eigenvalue weighted by Gasteiger charge is 2.30. The number of carbonyl (C=O) groups excluding carboxylic acids is 2. The molecule has 0 saturated carbocycles. The van der Waals surface area contributed by atoms with E-state index in [1.807, 2.05) is 19.9 Å². The number of aromatic nitrogens is 1. The third kappa shape index (κ3) is 2.54. The molecule has 0 unspecified atom stereocenters. The first kappa shape index (κ1) is 15.1. The number of likely N-dealkylation sites (N-methyl/N-ethyl adjacent to an activating group) is 1. The van der Waals surface area contributed by atoms with E-state index < -0.39 is 6.03 Å². The van der Waals surface area contributed by atoms with Gasteiger partial charge in [0.15, 0.2) is 0 Å². The zero-order chi connectivity index (χ0) is 16.7. The highest BCUT2D eigenvalue weighted by atomic mass is 16.2. The van der Waals surface area contributed by atoms with Gasteiger partial charge in [0.2, 0.25) is 0 Å². The topological polar surface area (TPSA) is 54.3 Å². The number of urea groups is 1. The Balaban J connectivity index is 2.03. The van der Waals surface area contributed by atoms with Gasteiger partial charge in [-0.05, 0) is 50.6 Å². The van der Waals surface area contributed by atoms with Crippen LogP contribution in [0.15, 0.2) is 36.0 Å². The molecule has 0 atom stereocenters. The summed E-state index contributed by atoms with van der Waals surface area (Å²) in [5.41, 5.74) is 5.61. The molecule has 1 aromatic heterocycles. The normalized spacial score (nSPS) is 16.3. The minimum absolute atomic E-state index is 0.307. The second-order valence-corrected chi connectivity index (χ2v) is 5.85. The van der Waals surface area contributed by atoms with Gasteiger partial charge >= 0.3 is 6.03 Å². The van der Waals surface area contributed by atoms with Crippen molar-refractivity contribution in [2.75, 3.05) is 7.05 Å². The number of imide groups is 1. The van der Waals surface area contributed by atoms with Crippen molar-refractivity contribution in [2.45, 2.75) is 20.8 Å². The molecule has 0 radical (unpaired) electrons. The summed E-state index contributed by atoms with van der Waals surface area (Å²) in [6, 6.07) is 9.91. The molecular weight excluding hydrogens is 290 g/mol. The monoisotopic (exact) mass is 309 g/mol. The van der Waals surface area contributed by atoms with Crippen molar-refractivity contribution >= 4 is 18.0 Å². The summed E-state index contributed by atoms with van der Waals surface area (Å²) in [6.45, 7) is 6.08. The first-order valence-electron chi connectivity index (χ1n) is 7.45. The second kappa shape index (κ2) is 5.43. The highest BCUT2D eigenvalue weighted by Crippen LogP contribution is 2.23. The number of rotatable bonds is 2. The number of amides is 3. The van der Waals surface area contributed by atoms with Crippen molar-refractivity contribution in [3.63, 3.8) is 0 Å². The number of benzene rings is 1. The summed E-state index contributed by atoms with van der Waals surface area (Å²) in [7, 11) is 1.47. The fourth-order valence-corrected chi connectivity index (χ4v) is 2.80. The number of nitrogens with one attached hydrogen (secondary N) is 1. The molecule has 3 rings (SSSR count). The Morgan fingerprint density at radius 3 is 2.26 bits per heavy atom. The fourth-order valence-electron chi connectivity index (χ4n) is 2.80. The average molecular weight is 309 g/mol. The molecule has 1 fully saturated rings. The molecular formula is C18H19N3O2. The lowest BCUT2D eigenvalue weighted by Crippen LogP contribution is -2.25. The lowest BCUT2D eigenvalue weighted by atomic mass is 10.2. The number of carbonyl (C=O) groups is 2. The Hall–Kier alpha value is -2.82. The van der Waals surface area contributed by atoms with Gasteiger partial charge in [0.05, 0.1) is 0 Å². The molecule has 0 aliphatic carbocycles. The van der Waals surface area contributed by atoms with Gasteiger partial charge in [-0.25, -0.2) is 4.79 Å². The maximum absolute atomic E-state index is 12.0. The Morgan fingerprint density at radius 1 is 1.04 bits per heavy atom. The molecule has 1 saturated heterocycles. The van der Waals surface area contributed by atoms with Gasteiger partial charge in [-0.2, -0.15) is 0 Å².